The van der Waals surface area contributed by atoms with Crippen LogP contribution in [0.3, 0.4) is 0 Å². The van der Waals surface area contributed by atoms with Crippen LogP contribution in [-0.4, -0.2) is 62.4 Å². The lowest BCUT2D eigenvalue weighted by Gasteiger charge is -2.25. The van der Waals surface area contributed by atoms with E-state index in [-0.39, 0.29) is 12.6 Å². The highest BCUT2D eigenvalue weighted by atomic mass is 16.5. The first-order valence-electron chi connectivity index (χ1n) is 7.21. The fourth-order valence-corrected chi connectivity index (χ4v) is 2.66. The molecule has 1 aliphatic rings. The van der Waals surface area contributed by atoms with Gasteiger partial charge >= 0.3 is 5.97 Å². The summed E-state index contributed by atoms with van der Waals surface area (Å²) in [6.07, 6.45) is 1.03. The standard InChI is InChI=1S/C15H23N3O3/c1-21-15(20)12-3-4-14(13(16)11-12)18-6-2-5-17(7-8-18)9-10-19/h3-4,11,19H,2,5-10,16H2,1H3. The van der Waals surface area contributed by atoms with E-state index in [0.717, 1.165) is 38.3 Å². The molecule has 0 aromatic heterocycles. The van der Waals surface area contributed by atoms with Crippen LogP contribution >= 0.6 is 0 Å². The van der Waals surface area contributed by atoms with Crippen molar-refractivity contribution < 1.29 is 14.6 Å². The second-order valence-electron chi connectivity index (χ2n) is 5.17. The summed E-state index contributed by atoms with van der Waals surface area (Å²) < 4.78 is 4.70. The molecule has 1 aromatic rings. The molecule has 0 unspecified atom stereocenters. The van der Waals surface area contributed by atoms with Gasteiger partial charge in [0.2, 0.25) is 0 Å². The zero-order chi connectivity index (χ0) is 15.2. The maximum Gasteiger partial charge on any atom is 0.337 e. The summed E-state index contributed by atoms with van der Waals surface area (Å²) in [5.41, 5.74) is 8.10. The minimum absolute atomic E-state index is 0.190. The molecule has 116 valence electrons. The van der Waals surface area contributed by atoms with Gasteiger partial charge in [-0.3, -0.25) is 4.90 Å². The third kappa shape index (κ3) is 3.86. The molecular weight excluding hydrogens is 270 g/mol. The number of nitrogen functional groups attached to an aromatic ring is 1. The van der Waals surface area contributed by atoms with E-state index in [4.69, 9.17) is 15.6 Å². The van der Waals surface area contributed by atoms with E-state index in [1.54, 1.807) is 12.1 Å². The summed E-state index contributed by atoms with van der Waals surface area (Å²) in [5, 5.41) is 9.02. The summed E-state index contributed by atoms with van der Waals surface area (Å²) in [7, 11) is 1.36. The number of hydrogen-bond donors (Lipinski definition) is 2. The monoisotopic (exact) mass is 293 g/mol. The minimum Gasteiger partial charge on any atom is -0.465 e. The van der Waals surface area contributed by atoms with Gasteiger partial charge in [-0.2, -0.15) is 0 Å². The number of anilines is 2. The van der Waals surface area contributed by atoms with Gasteiger partial charge in [-0.15, -0.1) is 0 Å². The zero-order valence-electron chi connectivity index (χ0n) is 12.4. The molecule has 0 radical (unpaired) electrons. The predicted octanol–water partition coefficient (Wildman–Crippen LogP) is 0.560. The highest BCUT2D eigenvalue weighted by molar-refractivity contribution is 5.91. The molecule has 1 aliphatic heterocycles. The molecule has 1 aromatic carbocycles. The van der Waals surface area contributed by atoms with Gasteiger partial charge in [-0.1, -0.05) is 0 Å². The molecule has 6 nitrogen and oxygen atoms in total. The summed E-state index contributed by atoms with van der Waals surface area (Å²) in [6.45, 7) is 4.57. The van der Waals surface area contributed by atoms with Crippen molar-refractivity contribution >= 4 is 17.3 Å². The Hall–Kier alpha value is -1.79. The van der Waals surface area contributed by atoms with Gasteiger partial charge in [0.15, 0.2) is 0 Å². The highest BCUT2D eigenvalue weighted by Crippen LogP contribution is 2.25. The van der Waals surface area contributed by atoms with Crippen LogP contribution in [0.25, 0.3) is 0 Å². The molecule has 3 N–H and O–H groups in total. The zero-order valence-corrected chi connectivity index (χ0v) is 12.4. The first kappa shape index (κ1) is 15.6. The Labute approximate surface area is 125 Å². The first-order chi connectivity index (χ1) is 10.2. The maximum atomic E-state index is 11.5. The molecule has 1 saturated heterocycles. The van der Waals surface area contributed by atoms with Gasteiger partial charge < -0.3 is 20.5 Å². The third-order valence-electron chi connectivity index (χ3n) is 3.79. The number of carbonyl (C=O) groups excluding carboxylic acids is 1. The number of aliphatic hydroxyl groups excluding tert-OH is 1. The van der Waals surface area contributed by atoms with E-state index in [1.807, 2.05) is 6.07 Å². The van der Waals surface area contributed by atoms with Crippen LogP contribution in [-0.2, 0) is 4.74 Å². The summed E-state index contributed by atoms with van der Waals surface area (Å²) >= 11 is 0. The van der Waals surface area contributed by atoms with Gasteiger partial charge in [0.25, 0.3) is 0 Å². The fraction of sp³-hybridized carbons (Fsp3) is 0.533. The van der Waals surface area contributed by atoms with Gasteiger partial charge in [-0.25, -0.2) is 4.79 Å². The van der Waals surface area contributed by atoms with E-state index in [1.165, 1.54) is 7.11 Å². The number of nitrogens with zero attached hydrogens (tertiary/aromatic N) is 2. The van der Waals surface area contributed by atoms with E-state index < -0.39 is 0 Å². The first-order valence-corrected chi connectivity index (χ1v) is 7.21. The second-order valence-corrected chi connectivity index (χ2v) is 5.17. The van der Waals surface area contributed by atoms with Crippen molar-refractivity contribution in [1.29, 1.82) is 0 Å². The summed E-state index contributed by atoms with van der Waals surface area (Å²) in [6, 6.07) is 5.29. The van der Waals surface area contributed by atoms with Crippen molar-refractivity contribution in [3.63, 3.8) is 0 Å². The molecule has 0 atom stereocenters. The van der Waals surface area contributed by atoms with Crippen LogP contribution in [0.2, 0.25) is 0 Å². The number of ether oxygens (including phenoxy) is 1. The van der Waals surface area contributed by atoms with Gasteiger partial charge in [0, 0.05) is 26.2 Å². The van der Waals surface area contributed by atoms with Crippen molar-refractivity contribution in [3.05, 3.63) is 23.8 Å². The molecule has 6 heteroatoms. The summed E-state index contributed by atoms with van der Waals surface area (Å²) in [5.74, 6) is -0.377. The lowest BCUT2D eigenvalue weighted by atomic mass is 10.1. The number of hydrogen-bond acceptors (Lipinski definition) is 6. The van der Waals surface area contributed by atoms with Crippen LogP contribution in [0.5, 0.6) is 0 Å². The van der Waals surface area contributed by atoms with E-state index in [0.29, 0.717) is 17.8 Å². The van der Waals surface area contributed by atoms with Crippen molar-refractivity contribution in [3.8, 4) is 0 Å². The van der Waals surface area contributed by atoms with Crippen LogP contribution in [0.1, 0.15) is 16.8 Å². The average molecular weight is 293 g/mol. The van der Waals surface area contributed by atoms with Gasteiger partial charge in [0.1, 0.15) is 0 Å². The van der Waals surface area contributed by atoms with E-state index in [2.05, 4.69) is 9.80 Å². The largest absolute Gasteiger partial charge is 0.465 e. The molecule has 0 saturated carbocycles. The Morgan fingerprint density at radius 3 is 2.81 bits per heavy atom. The van der Waals surface area contributed by atoms with E-state index in [9.17, 15) is 4.79 Å². The predicted molar refractivity (Wildman–Crippen MR) is 82.5 cm³/mol. The lowest BCUT2D eigenvalue weighted by Crippen LogP contribution is -2.32. The van der Waals surface area contributed by atoms with Crippen molar-refractivity contribution in [2.75, 3.05) is 57.1 Å². The maximum absolute atomic E-state index is 11.5. The molecule has 1 heterocycles. The normalized spacial score (nSPS) is 16.6. The summed E-state index contributed by atoms with van der Waals surface area (Å²) in [4.78, 5) is 16.0. The van der Waals surface area contributed by atoms with Crippen LogP contribution < -0.4 is 10.6 Å². The molecule has 0 aliphatic carbocycles. The van der Waals surface area contributed by atoms with Crippen LogP contribution in [0, 0.1) is 0 Å². The molecule has 2 rings (SSSR count). The number of methoxy groups -OCH3 is 1. The van der Waals surface area contributed by atoms with Crippen LogP contribution in [0.15, 0.2) is 18.2 Å². The number of aliphatic hydroxyl groups is 1. The number of nitrogens with two attached hydrogens (primary N) is 1. The Morgan fingerprint density at radius 2 is 2.14 bits per heavy atom. The molecular formula is C15H23N3O3. The van der Waals surface area contributed by atoms with Crippen molar-refractivity contribution in [2.24, 2.45) is 0 Å². The Morgan fingerprint density at radius 1 is 1.33 bits per heavy atom. The smallest absolute Gasteiger partial charge is 0.337 e. The Bertz CT molecular complexity index is 493. The number of carbonyl (C=O) groups is 1. The molecule has 0 amide bonds. The lowest BCUT2D eigenvalue weighted by molar-refractivity contribution is 0.0601. The Balaban J connectivity index is 2.09. The molecule has 0 spiro atoms. The van der Waals surface area contributed by atoms with Crippen molar-refractivity contribution in [2.45, 2.75) is 6.42 Å². The topological polar surface area (TPSA) is 79.0 Å². The number of β-amino-alcohol motifs (C(OH)–C–C–N with tert-alkyl or cyclic N) is 1. The number of benzene rings is 1. The molecule has 1 fully saturated rings. The van der Waals surface area contributed by atoms with E-state index >= 15 is 0 Å². The average Bonchev–Trinajstić information content (AvgIpc) is 2.72. The van der Waals surface area contributed by atoms with Gasteiger partial charge in [0.05, 0.1) is 30.7 Å². The molecule has 0 bridgehead atoms. The minimum atomic E-state index is -0.377. The van der Waals surface area contributed by atoms with Gasteiger partial charge in [-0.05, 0) is 31.2 Å². The quantitative estimate of drug-likeness (QED) is 0.624. The number of rotatable bonds is 4. The Kier molecular flexibility index (Phi) is 5.41. The second kappa shape index (κ2) is 7.28. The number of esters is 1. The fourth-order valence-electron chi connectivity index (χ4n) is 2.66. The third-order valence-corrected chi connectivity index (χ3v) is 3.79. The van der Waals surface area contributed by atoms with Crippen LogP contribution in [0.4, 0.5) is 11.4 Å². The highest BCUT2D eigenvalue weighted by Gasteiger charge is 2.17. The van der Waals surface area contributed by atoms with Crippen molar-refractivity contribution in [1.82, 2.24) is 4.90 Å². The SMILES string of the molecule is COC(=O)c1ccc(N2CCCN(CCO)CC2)c(N)c1. The molecule has 21 heavy (non-hydrogen) atoms.